The molecule has 19 heavy (non-hydrogen) atoms. The highest BCUT2D eigenvalue weighted by atomic mass is 35.5. The summed E-state index contributed by atoms with van der Waals surface area (Å²) >= 11 is 5.49. The second-order valence-electron chi connectivity index (χ2n) is 4.04. The van der Waals surface area contributed by atoms with Crippen LogP contribution in [0.2, 0.25) is 5.02 Å². The van der Waals surface area contributed by atoms with Gasteiger partial charge in [-0.25, -0.2) is 13.8 Å². The van der Waals surface area contributed by atoms with Gasteiger partial charge in [-0.3, -0.25) is 0 Å². The van der Waals surface area contributed by atoms with Gasteiger partial charge in [-0.15, -0.1) is 0 Å². The second-order valence-corrected chi connectivity index (χ2v) is 4.45. The third-order valence-electron chi connectivity index (χ3n) is 2.53. The van der Waals surface area contributed by atoms with Crippen molar-refractivity contribution in [3.05, 3.63) is 40.9 Å². The Balaban J connectivity index is 2.20. The monoisotopic (exact) mass is 286 g/mol. The minimum Gasteiger partial charge on any atom is -0.439 e. The van der Waals surface area contributed by atoms with Gasteiger partial charge in [-0.1, -0.05) is 18.5 Å². The van der Waals surface area contributed by atoms with Crippen molar-refractivity contribution in [2.24, 2.45) is 0 Å². The van der Waals surface area contributed by atoms with Gasteiger partial charge in [-0.2, -0.15) is 0 Å². The summed E-state index contributed by atoms with van der Waals surface area (Å²) in [5.41, 5.74) is 0.0103. The SMILES string of the molecule is CCCNCc1ncc(-c2cc(F)c(Cl)cc2F)o1. The number of oxazole rings is 1. The second kappa shape index (κ2) is 6.12. The summed E-state index contributed by atoms with van der Waals surface area (Å²) in [4.78, 5) is 4.01. The third kappa shape index (κ3) is 3.30. The van der Waals surface area contributed by atoms with Crippen LogP contribution in [0.4, 0.5) is 8.78 Å². The van der Waals surface area contributed by atoms with Crippen molar-refractivity contribution >= 4 is 11.6 Å². The van der Waals surface area contributed by atoms with Crippen LogP contribution in [-0.4, -0.2) is 11.5 Å². The molecule has 1 N–H and O–H groups in total. The third-order valence-corrected chi connectivity index (χ3v) is 2.82. The van der Waals surface area contributed by atoms with Crippen LogP contribution in [0.25, 0.3) is 11.3 Å². The lowest BCUT2D eigenvalue weighted by atomic mass is 10.1. The molecule has 0 unspecified atom stereocenters. The number of benzene rings is 1. The molecule has 0 atom stereocenters. The number of hydrogen-bond donors (Lipinski definition) is 1. The zero-order chi connectivity index (χ0) is 13.8. The van der Waals surface area contributed by atoms with Gasteiger partial charge in [0.05, 0.1) is 23.3 Å². The molecule has 1 aromatic heterocycles. The highest BCUT2D eigenvalue weighted by molar-refractivity contribution is 6.30. The number of nitrogens with zero attached hydrogens (tertiary/aromatic N) is 1. The van der Waals surface area contributed by atoms with Crippen LogP contribution in [0.15, 0.2) is 22.7 Å². The molecule has 1 aromatic carbocycles. The fourth-order valence-electron chi connectivity index (χ4n) is 1.60. The summed E-state index contributed by atoms with van der Waals surface area (Å²) in [6.45, 7) is 3.33. The predicted molar refractivity (Wildman–Crippen MR) is 68.9 cm³/mol. The summed E-state index contributed by atoms with van der Waals surface area (Å²) < 4.78 is 32.4. The molecule has 1 heterocycles. The molecule has 0 aliphatic rings. The van der Waals surface area contributed by atoms with Crippen LogP contribution in [0.1, 0.15) is 19.2 Å². The molecular formula is C13H13ClF2N2O. The lowest BCUT2D eigenvalue weighted by Crippen LogP contribution is -2.13. The Hall–Kier alpha value is -1.46. The Morgan fingerprint density at radius 1 is 1.32 bits per heavy atom. The maximum atomic E-state index is 13.7. The van der Waals surface area contributed by atoms with Crippen LogP contribution in [-0.2, 0) is 6.54 Å². The van der Waals surface area contributed by atoms with Crippen molar-refractivity contribution < 1.29 is 13.2 Å². The van der Waals surface area contributed by atoms with Crippen LogP contribution in [0.5, 0.6) is 0 Å². The molecule has 2 aromatic rings. The first kappa shape index (κ1) is 14.0. The van der Waals surface area contributed by atoms with Gasteiger partial charge in [0.15, 0.2) is 5.76 Å². The standard InChI is InChI=1S/C13H13ClF2N2O/c1-2-3-17-7-13-18-6-12(19-13)8-4-11(16)9(14)5-10(8)15/h4-6,17H,2-3,7H2,1H3. The molecule has 0 radical (unpaired) electrons. The zero-order valence-electron chi connectivity index (χ0n) is 10.3. The summed E-state index contributed by atoms with van der Waals surface area (Å²) in [7, 11) is 0. The average Bonchev–Trinajstić information content (AvgIpc) is 2.83. The zero-order valence-corrected chi connectivity index (χ0v) is 11.1. The van der Waals surface area contributed by atoms with Crippen LogP contribution < -0.4 is 5.32 Å². The Labute approximate surface area is 114 Å². The molecule has 0 spiro atoms. The van der Waals surface area contributed by atoms with Gasteiger partial charge in [-0.05, 0) is 25.1 Å². The van der Waals surface area contributed by atoms with Gasteiger partial charge in [0.1, 0.15) is 11.6 Å². The van der Waals surface area contributed by atoms with E-state index in [1.54, 1.807) is 0 Å². The van der Waals surface area contributed by atoms with E-state index in [0.29, 0.717) is 12.4 Å². The molecule has 0 amide bonds. The van der Waals surface area contributed by atoms with Crippen molar-refractivity contribution in [3.8, 4) is 11.3 Å². The Bertz CT molecular complexity index is 572. The van der Waals surface area contributed by atoms with Crippen LogP contribution in [0.3, 0.4) is 0 Å². The van der Waals surface area contributed by atoms with Crippen molar-refractivity contribution in [2.75, 3.05) is 6.54 Å². The number of hydrogen-bond acceptors (Lipinski definition) is 3. The maximum absolute atomic E-state index is 13.7. The Morgan fingerprint density at radius 2 is 2.11 bits per heavy atom. The first-order chi connectivity index (χ1) is 9.11. The molecule has 3 nitrogen and oxygen atoms in total. The molecule has 0 bridgehead atoms. The molecule has 0 saturated heterocycles. The average molecular weight is 287 g/mol. The van der Waals surface area contributed by atoms with Gasteiger partial charge < -0.3 is 9.73 Å². The smallest absolute Gasteiger partial charge is 0.208 e. The Morgan fingerprint density at radius 3 is 2.84 bits per heavy atom. The van der Waals surface area contributed by atoms with E-state index in [0.717, 1.165) is 25.1 Å². The van der Waals surface area contributed by atoms with Crippen LogP contribution >= 0.6 is 11.6 Å². The van der Waals surface area contributed by atoms with Gasteiger partial charge >= 0.3 is 0 Å². The summed E-state index contributed by atoms with van der Waals surface area (Å²) in [6.07, 6.45) is 2.36. The fourth-order valence-corrected chi connectivity index (χ4v) is 1.75. The number of halogens is 3. The highest BCUT2D eigenvalue weighted by Gasteiger charge is 2.14. The first-order valence-electron chi connectivity index (χ1n) is 5.92. The maximum Gasteiger partial charge on any atom is 0.208 e. The van der Waals surface area contributed by atoms with Gasteiger partial charge in [0, 0.05) is 0 Å². The normalized spacial score (nSPS) is 10.9. The van der Waals surface area contributed by atoms with E-state index in [1.165, 1.54) is 6.20 Å². The summed E-state index contributed by atoms with van der Waals surface area (Å²) in [5, 5.41) is 2.85. The topological polar surface area (TPSA) is 38.1 Å². The molecule has 2 rings (SSSR count). The predicted octanol–water partition coefficient (Wildman–Crippen LogP) is 3.77. The molecular weight excluding hydrogens is 274 g/mol. The summed E-state index contributed by atoms with van der Waals surface area (Å²) in [5.74, 6) is -0.727. The van der Waals surface area contributed by atoms with Crippen molar-refractivity contribution in [2.45, 2.75) is 19.9 Å². The lowest BCUT2D eigenvalue weighted by Gasteiger charge is -2.01. The van der Waals surface area contributed by atoms with Crippen molar-refractivity contribution in [1.29, 1.82) is 0 Å². The van der Waals surface area contributed by atoms with Crippen molar-refractivity contribution in [3.63, 3.8) is 0 Å². The number of rotatable bonds is 5. The van der Waals surface area contributed by atoms with Crippen molar-refractivity contribution in [1.82, 2.24) is 10.3 Å². The van der Waals surface area contributed by atoms with E-state index in [-0.39, 0.29) is 16.3 Å². The first-order valence-corrected chi connectivity index (χ1v) is 6.30. The van der Waals surface area contributed by atoms with E-state index in [9.17, 15) is 8.78 Å². The van der Waals surface area contributed by atoms with Gasteiger partial charge in [0.25, 0.3) is 0 Å². The summed E-state index contributed by atoms with van der Waals surface area (Å²) in [6, 6.07) is 1.92. The number of nitrogens with one attached hydrogen (secondary N) is 1. The molecule has 6 heteroatoms. The minimum absolute atomic E-state index is 0.0103. The van der Waals surface area contributed by atoms with E-state index >= 15 is 0 Å². The molecule has 0 fully saturated rings. The molecule has 0 saturated carbocycles. The fraction of sp³-hybridized carbons (Fsp3) is 0.308. The van der Waals surface area contributed by atoms with Gasteiger partial charge in [0.2, 0.25) is 5.89 Å². The van der Waals surface area contributed by atoms with E-state index in [4.69, 9.17) is 16.0 Å². The lowest BCUT2D eigenvalue weighted by molar-refractivity contribution is 0.474. The highest BCUT2D eigenvalue weighted by Crippen LogP contribution is 2.28. The van der Waals surface area contributed by atoms with E-state index < -0.39 is 11.6 Å². The van der Waals surface area contributed by atoms with E-state index in [2.05, 4.69) is 10.3 Å². The van der Waals surface area contributed by atoms with E-state index in [1.807, 2.05) is 6.92 Å². The molecule has 102 valence electrons. The molecule has 0 aliphatic heterocycles. The molecule has 0 aliphatic carbocycles. The minimum atomic E-state index is -0.694. The quantitative estimate of drug-likeness (QED) is 0.671. The number of aromatic nitrogens is 1. The Kier molecular flexibility index (Phi) is 4.50. The largest absolute Gasteiger partial charge is 0.439 e. The van der Waals surface area contributed by atoms with Crippen LogP contribution in [0, 0.1) is 11.6 Å².